The second-order valence-corrected chi connectivity index (χ2v) is 8.28. The van der Waals surface area contributed by atoms with E-state index in [9.17, 15) is 19.2 Å². The predicted molar refractivity (Wildman–Crippen MR) is 126 cm³/mol. The van der Waals surface area contributed by atoms with Gasteiger partial charge in [-0.25, -0.2) is 9.59 Å². The van der Waals surface area contributed by atoms with Crippen LogP contribution in [0, 0.1) is 0 Å². The van der Waals surface area contributed by atoms with E-state index in [1.165, 1.54) is 38.5 Å². The predicted octanol–water partition coefficient (Wildman–Crippen LogP) is 6.05. The number of ether oxygens (including phenoxy) is 2. The highest BCUT2D eigenvalue weighted by Gasteiger charge is 2.07. The van der Waals surface area contributed by atoms with Gasteiger partial charge in [-0.05, 0) is 12.8 Å². The molecule has 0 atom stereocenters. The number of rotatable bonds is 22. The summed E-state index contributed by atoms with van der Waals surface area (Å²) in [6.07, 6.45) is 16.9. The molecule has 6 heteroatoms. The topological polar surface area (TPSA) is 86.7 Å². The van der Waals surface area contributed by atoms with Crippen LogP contribution in [0.1, 0.15) is 117 Å². The van der Waals surface area contributed by atoms with Crippen molar-refractivity contribution in [2.45, 2.75) is 117 Å². The van der Waals surface area contributed by atoms with E-state index in [1.807, 2.05) is 0 Å². The Bertz CT molecular complexity index is 505. The first kappa shape index (κ1) is 30.0. The minimum Gasteiger partial charge on any atom is -0.462 e. The molecule has 0 unspecified atom stereocenters. The molecule has 0 bridgehead atoms. The smallest absolute Gasteiger partial charge is 0.331 e. The molecule has 0 spiro atoms. The number of unbranched alkanes of at least 4 members (excludes halogenated alkanes) is 10. The molecule has 0 amide bonds. The molecular weight excluding hydrogens is 408 g/mol. The third-order valence-corrected chi connectivity index (χ3v) is 5.22. The van der Waals surface area contributed by atoms with Crippen LogP contribution in [-0.2, 0) is 28.7 Å². The monoisotopic (exact) mass is 452 g/mol. The van der Waals surface area contributed by atoms with Gasteiger partial charge in [-0.3, -0.25) is 9.59 Å². The summed E-state index contributed by atoms with van der Waals surface area (Å²) in [5.41, 5.74) is 0. The Morgan fingerprint density at radius 1 is 0.500 bits per heavy atom. The maximum atomic E-state index is 11.8. The Morgan fingerprint density at radius 2 is 0.844 bits per heavy atom. The number of ketones is 2. The van der Waals surface area contributed by atoms with E-state index in [0.717, 1.165) is 50.7 Å². The molecule has 0 aliphatic heterocycles. The zero-order chi connectivity index (χ0) is 23.9. The number of carbonyl (C=O) groups excluding carboxylic acids is 4. The molecule has 0 N–H and O–H groups in total. The van der Waals surface area contributed by atoms with Crippen molar-refractivity contribution < 1.29 is 28.7 Å². The normalized spacial score (nSPS) is 10.9. The van der Waals surface area contributed by atoms with Gasteiger partial charge in [0.25, 0.3) is 0 Å². The average molecular weight is 453 g/mol. The van der Waals surface area contributed by atoms with Gasteiger partial charge in [0.1, 0.15) is 11.6 Å². The third-order valence-electron chi connectivity index (χ3n) is 5.22. The van der Waals surface area contributed by atoms with Gasteiger partial charge in [0.05, 0.1) is 13.2 Å². The number of hydrogen-bond acceptors (Lipinski definition) is 6. The molecule has 0 saturated heterocycles. The Hall–Kier alpha value is -1.98. The van der Waals surface area contributed by atoms with Gasteiger partial charge >= 0.3 is 11.9 Å². The Labute approximate surface area is 194 Å². The lowest BCUT2D eigenvalue weighted by atomic mass is 10.1. The average Bonchev–Trinajstić information content (AvgIpc) is 2.77. The fraction of sp³-hybridized carbons (Fsp3) is 0.769. The molecule has 32 heavy (non-hydrogen) atoms. The highest BCUT2D eigenvalue weighted by molar-refractivity contribution is 5.92. The zero-order valence-electron chi connectivity index (χ0n) is 20.3. The first-order valence-electron chi connectivity index (χ1n) is 12.5. The van der Waals surface area contributed by atoms with Gasteiger partial charge in [-0.1, -0.05) is 78.1 Å². The van der Waals surface area contributed by atoms with E-state index >= 15 is 0 Å². The van der Waals surface area contributed by atoms with E-state index in [2.05, 4.69) is 13.8 Å². The molecule has 0 heterocycles. The lowest BCUT2D eigenvalue weighted by Gasteiger charge is -2.03. The molecule has 6 nitrogen and oxygen atoms in total. The maximum Gasteiger partial charge on any atom is 0.331 e. The van der Waals surface area contributed by atoms with Crippen LogP contribution in [-0.4, -0.2) is 36.7 Å². The third kappa shape index (κ3) is 21.3. The lowest BCUT2D eigenvalue weighted by Crippen LogP contribution is -2.10. The first-order chi connectivity index (χ1) is 15.5. The van der Waals surface area contributed by atoms with E-state index < -0.39 is 11.9 Å². The summed E-state index contributed by atoms with van der Waals surface area (Å²) in [6.45, 7) is 4.37. The van der Waals surface area contributed by atoms with Gasteiger partial charge < -0.3 is 9.47 Å². The van der Waals surface area contributed by atoms with Crippen LogP contribution in [0.25, 0.3) is 0 Å². The fourth-order valence-corrected chi connectivity index (χ4v) is 3.22. The van der Waals surface area contributed by atoms with Crippen LogP contribution in [0.5, 0.6) is 0 Å². The zero-order valence-corrected chi connectivity index (χ0v) is 20.3. The largest absolute Gasteiger partial charge is 0.462 e. The van der Waals surface area contributed by atoms with Crippen LogP contribution >= 0.6 is 0 Å². The number of Topliss-reactive ketones (excluding diaryl/α,β-unsaturated/α-hetero) is 2. The van der Waals surface area contributed by atoms with Crippen LogP contribution in [0.15, 0.2) is 12.2 Å². The van der Waals surface area contributed by atoms with Gasteiger partial charge in [0, 0.05) is 37.8 Å². The van der Waals surface area contributed by atoms with Crippen molar-refractivity contribution in [1.29, 1.82) is 0 Å². The van der Waals surface area contributed by atoms with E-state index in [1.54, 1.807) is 0 Å². The maximum absolute atomic E-state index is 11.8. The summed E-state index contributed by atoms with van der Waals surface area (Å²) in [7, 11) is 0. The van der Waals surface area contributed by atoms with E-state index in [4.69, 9.17) is 9.47 Å². The molecule has 0 aliphatic carbocycles. The van der Waals surface area contributed by atoms with Crippen molar-refractivity contribution >= 4 is 23.5 Å². The molecule has 0 aromatic rings. The second kappa shape index (κ2) is 22.2. The summed E-state index contributed by atoms with van der Waals surface area (Å²) >= 11 is 0. The van der Waals surface area contributed by atoms with Crippen molar-refractivity contribution in [3.63, 3.8) is 0 Å². The molecule has 0 aromatic carbocycles. The van der Waals surface area contributed by atoms with E-state index in [-0.39, 0.29) is 37.6 Å². The molecule has 0 fully saturated rings. The molecule has 0 aromatic heterocycles. The van der Waals surface area contributed by atoms with Crippen molar-refractivity contribution in [1.82, 2.24) is 0 Å². The Kier molecular flexibility index (Phi) is 20.8. The summed E-state index contributed by atoms with van der Waals surface area (Å²) in [6, 6.07) is 0. The number of hydrogen-bond donors (Lipinski definition) is 0. The lowest BCUT2D eigenvalue weighted by molar-refractivity contribution is -0.141. The summed E-state index contributed by atoms with van der Waals surface area (Å²) in [5, 5.41) is 0. The van der Waals surface area contributed by atoms with Gasteiger partial charge in [0.15, 0.2) is 0 Å². The van der Waals surface area contributed by atoms with Crippen LogP contribution in [0.3, 0.4) is 0 Å². The second-order valence-electron chi connectivity index (χ2n) is 8.28. The van der Waals surface area contributed by atoms with Crippen LogP contribution in [0.2, 0.25) is 0 Å². The van der Waals surface area contributed by atoms with Gasteiger partial charge in [0.2, 0.25) is 0 Å². The number of carbonyl (C=O) groups is 4. The summed E-state index contributed by atoms with van der Waals surface area (Å²) < 4.78 is 9.87. The van der Waals surface area contributed by atoms with E-state index in [0.29, 0.717) is 12.8 Å². The minimum absolute atomic E-state index is 0.0137. The fourth-order valence-electron chi connectivity index (χ4n) is 3.22. The molecule has 0 saturated carbocycles. The van der Waals surface area contributed by atoms with Crippen molar-refractivity contribution in [3.05, 3.63) is 12.2 Å². The summed E-state index contributed by atoms with van der Waals surface area (Å²) in [4.78, 5) is 46.7. The SMILES string of the molecule is CCCCCCCCC(=O)CCOC(=O)/C=C\C(=O)OCCC(=O)CCCCCCCC. The van der Waals surface area contributed by atoms with Crippen LogP contribution < -0.4 is 0 Å². The molecule has 0 aliphatic rings. The molecule has 184 valence electrons. The van der Waals surface area contributed by atoms with Crippen LogP contribution in [0.4, 0.5) is 0 Å². The standard InChI is InChI=1S/C26H44O6/c1-3-5-7-9-11-13-15-23(27)19-21-31-25(29)17-18-26(30)32-22-20-24(28)16-14-12-10-8-6-4-2/h17-18H,3-16,19-22H2,1-2H3/b18-17-. The summed E-state index contributed by atoms with van der Waals surface area (Å²) in [5.74, 6) is -1.20. The van der Waals surface area contributed by atoms with Crippen molar-refractivity contribution in [3.8, 4) is 0 Å². The Balaban J connectivity index is 3.69. The molecular formula is C26H44O6. The highest BCUT2D eigenvalue weighted by atomic mass is 16.5. The van der Waals surface area contributed by atoms with Crippen molar-refractivity contribution in [2.24, 2.45) is 0 Å². The highest BCUT2D eigenvalue weighted by Crippen LogP contribution is 2.09. The van der Waals surface area contributed by atoms with Crippen molar-refractivity contribution in [2.75, 3.05) is 13.2 Å². The molecule has 0 radical (unpaired) electrons. The first-order valence-corrected chi connectivity index (χ1v) is 12.5. The van der Waals surface area contributed by atoms with Gasteiger partial charge in [-0.15, -0.1) is 0 Å². The molecule has 0 rings (SSSR count). The quantitative estimate of drug-likeness (QED) is 0.113. The minimum atomic E-state index is -0.687. The number of esters is 2. The Morgan fingerprint density at radius 3 is 1.22 bits per heavy atom. The van der Waals surface area contributed by atoms with Gasteiger partial charge in [-0.2, -0.15) is 0 Å².